The van der Waals surface area contributed by atoms with E-state index in [-0.39, 0.29) is 5.54 Å². The van der Waals surface area contributed by atoms with E-state index >= 15 is 0 Å². The summed E-state index contributed by atoms with van der Waals surface area (Å²) in [6, 6.07) is 14.2. The summed E-state index contributed by atoms with van der Waals surface area (Å²) in [5.41, 5.74) is 3.11. The van der Waals surface area contributed by atoms with E-state index in [1.165, 1.54) is 12.8 Å². The van der Waals surface area contributed by atoms with Gasteiger partial charge in [-0.3, -0.25) is 15.0 Å². The Morgan fingerprint density at radius 3 is 2.68 bits per heavy atom. The third-order valence-electron chi connectivity index (χ3n) is 6.97. The molecule has 1 aromatic carbocycles. The lowest BCUT2D eigenvalue weighted by Gasteiger charge is -2.45. The number of para-hydroxylation sites is 2. The number of H-pyrrole nitrogens is 1. The van der Waals surface area contributed by atoms with Crippen LogP contribution in [0.15, 0.2) is 59.3 Å². The van der Waals surface area contributed by atoms with Crippen LogP contribution < -0.4 is 4.90 Å². The Morgan fingerprint density at radius 1 is 0.968 bits per heavy atom. The van der Waals surface area contributed by atoms with E-state index in [4.69, 9.17) is 9.40 Å². The fourth-order valence-corrected chi connectivity index (χ4v) is 5.25. The van der Waals surface area contributed by atoms with Crippen LogP contribution in [0.1, 0.15) is 31.4 Å². The second-order valence-corrected chi connectivity index (χ2v) is 8.69. The van der Waals surface area contributed by atoms with Crippen molar-refractivity contribution in [1.82, 2.24) is 25.1 Å². The topological polar surface area (TPSA) is 74.1 Å². The van der Waals surface area contributed by atoms with E-state index in [9.17, 15) is 0 Å². The molecule has 2 aliphatic heterocycles. The molecule has 0 unspecified atom stereocenters. The maximum atomic E-state index is 6.11. The number of anilines is 1. The minimum absolute atomic E-state index is 0.266. The quantitative estimate of drug-likeness (QED) is 0.538. The summed E-state index contributed by atoms with van der Waals surface area (Å²) in [4.78, 5) is 14.5. The van der Waals surface area contributed by atoms with Crippen LogP contribution in [0.25, 0.3) is 22.5 Å². The monoisotopic (exact) mass is 414 g/mol. The van der Waals surface area contributed by atoms with Gasteiger partial charge in [-0.05, 0) is 62.6 Å². The molecule has 0 amide bonds. The van der Waals surface area contributed by atoms with Gasteiger partial charge >= 0.3 is 0 Å². The van der Waals surface area contributed by atoms with E-state index in [2.05, 4.69) is 31.0 Å². The van der Waals surface area contributed by atoms with Crippen molar-refractivity contribution in [1.29, 1.82) is 0 Å². The number of aromatic nitrogens is 4. The van der Waals surface area contributed by atoms with Gasteiger partial charge in [-0.2, -0.15) is 5.10 Å². The molecule has 7 nitrogen and oxygen atoms in total. The van der Waals surface area contributed by atoms with Crippen molar-refractivity contribution >= 4 is 16.9 Å². The zero-order chi connectivity index (χ0) is 20.7. The molecular weight excluding hydrogens is 388 g/mol. The Hall–Kier alpha value is -3.19. The molecule has 0 aliphatic carbocycles. The molecule has 2 fully saturated rings. The Kier molecular flexibility index (Phi) is 4.49. The number of hydrogen-bond donors (Lipinski definition) is 1. The van der Waals surface area contributed by atoms with Crippen LogP contribution in [0.3, 0.4) is 0 Å². The molecule has 0 saturated carbocycles. The number of piperidine rings is 1. The number of rotatable bonds is 4. The van der Waals surface area contributed by atoms with Gasteiger partial charge in [-0.1, -0.05) is 12.1 Å². The van der Waals surface area contributed by atoms with Crippen molar-refractivity contribution in [2.24, 2.45) is 0 Å². The fourth-order valence-electron chi connectivity index (χ4n) is 5.25. The second kappa shape index (κ2) is 7.50. The number of nitrogens with one attached hydrogen (secondary N) is 1. The van der Waals surface area contributed by atoms with Crippen LogP contribution >= 0.6 is 0 Å². The largest absolute Gasteiger partial charge is 0.458 e. The SMILES string of the molecule is c1ccc2nc(N3CCC4(CCCN4Cc4ccc(-c5ccn[nH]5)o4)CC3)cnc2c1. The van der Waals surface area contributed by atoms with Crippen molar-refractivity contribution in [3.63, 3.8) is 0 Å². The van der Waals surface area contributed by atoms with E-state index < -0.39 is 0 Å². The Morgan fingerprint density at radius 2 is 1.84 bits per heavy atom. The maximum Gasteiger partial charge on any atom is 0.152 e. The van der Waals surface area contributed by atoms with Gasteiger partial charge in [0.15, 0.2) is 5.76 Å². The lowest BCUT2D eigenvalue weighted by Crippen LogP contribution is -2.52. The molecule has 7 heteroatoms. The van der Waals surface area contributed by atoms with Crippen LogP contribution in [0.4, 0.5) is 5.82 Å². The smallest absolute Gasteiger partial charge is 0.152 e. The molecule has 1 N–H and O–H groups in total. The molecule has 0 bridgehead atoms. The minimum Gasteiger partial charge on any atom is -0.458 e. The average Bonchev–Trinajstić information content (AvgIpc) is 3.57. The first kappa shape index (κ1) is 18.6. The minimum atomic E-state index is 0.266. The number of hydrogen-bond acceptors (Lipinski definition) is 6. The van der Waals surface area contributed by atoms with Gasteiger partial charge in [0.2, 0.25) is 0 Å². The zero-order valence-corrected chi connectivity index (χ0v) is 17.5. The molecule has 158 valence electrons. The molecule has 2 saturated heterocycles. The van der Waals surface area contributed by atoms with Gasteiger partial charge < -0.3 is 9.32 Å². The van der Waals surface area contributed by atoms with Crippen LogP contribution in [0, 0.1) is 0 Å². The molecule has 0 atom stereocenters. The highest BCUT2D eigenvalue weighted by molar-refractivity contribution is 5.75. The van der Waals surface area contributed by atoms with Crippen LogP contribution in [0.5, 0.6) is 0 Å². The fraction of sp³-hybridized carbons (Fsp3) is 0.375. The van der Waals surface area contributed by atoms with Crippen LogP contribution in [-0.4, -0.2) is 50.2 Å². The highest BCUT2D eigenvalue weighted by Crippen LogP contribution is 2.40. The molecule has 5 heterocycles. The lowest BCUT2D eigenvalue weighted by atomic mass is 9.85. The summed E-state index contributed by atoms with van der Waals surface area (Å²) in [5, 5.41) is 6.99. The first-order chi connectivity index (χ1) is 15.3. The van der Waals surface area contributed by atoms with Crippen molar-refractivity contribution in [3.8, 4) is 11.5 Å². The Labute approximate surface area is 181 Å². The Bertz CT molecular complexity index is 1180. The molecule has 1 spiro atoms. The first-order valence-corrected chi connectivity index (χ1v) is 11.1. The van der Waals surface area contributed by atoms with Crippen molar-refractivity contribution in [3.05, 3.63) is 60.6 Å². The number of fused-ring (bicyclic) bond motifs is 1. The molecule has 6 rings (SSSR count). The van der Waals surface area contributed by atoms with Gasteiger partial charge in [-0.15, -0.1) is 0 Å². The molecular formula is C24H26N6O. The Balaban J connectivity index is 1.15. The number of benzene rings is 1. The number of aromatic amines is 1. The summed E-state index contributed by atoms with van der Waals surface area (Å²) >= 11 is 0. The maximum absolute atomic E-state index is 6.11. The standard InChI is InChI=1S/C24H26N6O/c1-2-5-20-19(4-1)25-16-23(27-20)29-14-10-24(11-15-29)9-3-13-30(24)17-18-6-7-22(31-18)21-8-12-26-28-21/h1-2,4-8,12,16H,3,9-11,13-15,17H2,(H,26,28). The highest BCUT2D eigenvalue weighted by atomic mass is 16.3. The molecule has 2 aliphatic rings. The third kappa shape index (κ3) is 3.39. The van der Waals surface area contributed by atoms with E-state index in [1.54, 1.807) is 6.20 Å². The first-order valence-electron chi connectivity index (χ1n) is 11.1. The van der Waals surface area contributed by atoms with E-state index in [0.717, 1.165) is 73.1 Å². The van der Waals surface area contributed by atoms with Crippen molar-refractivity contribution in [2.45, 2.75) is 37.8 Å². The van der Waals surface area contributed by atoms with Gasteiger partial charge in [0.25, 0.3) is 0 Å². The molecule has 4 aromatic rings. The predicted molar refractivity (Wildman–Crippen MR) is 120 cm³/mol. The van der Waals surface area contributed by atoms with Gasteiger partial charge in [-0.25, -0.2) is 4.98 Å². The number of nitrogens with zero attached hydrogens (tertiary/aromatic N) is 5. The number of likely N-dealkylation sites (tertiary alicyclic amines) is 1. The molecule has 31 heavy (non-hydrogen) atoms. The second-order valence-electron chi connectivity index (χ2n) is 8.69. The summed E-state index contributed by atoms with van der Waals surface area (Å²) < 4.78 is 6.11. The average molecular weight is 415 g/mol. The summed E-state index contributed by atoms with van der Waals surface area (Å²) in [7, 11) is 0. The lowest BCUT2D eigenvalue weighted by molar-refractivity contribution is 0.0925. The van der Waals surface area contributed by atoms with Gasteiger partial charge in [0, 0.05) is 24.8 Å². The van der Waals surface area contributed by atoms with Crippen LogP contribution in [-0.2, 0) is 6.54 Å². The zero-order valence-electron chi connectivity index (χ0n) is 17.5. The molecule has 0 radical (unpaired) electrons. The third-order valence-corrected chi connectivity index (χ3v) is 6.97. The van der Waals surface area contributed by atoms with Gasteiger partial charge in [0.05, 0.1) is 23.8 Å². The van der Waals surface area contributed by atoms with Crippen LogP contribution in [0.2, 0.25) is 0 Å². The normalized spacial score (nSPS) is 18.9. The molecule has 3 aromatic heterocycles. The van der Waals surface area contributed by atoms with Gasteiger partial charge in [0.1, 0.15) is 17.3 Å². The number of furan rings is 1. The van der Waals surface area contributed by atoms with E-state index in [0.29, 0.717) is 0 Å². The highest BCUT2D eigenvalue weighted by Gasteiger charge is 2.43. The summed E-state index contributed by atoms with van der Waals surface area (Å²) in [6.07, 6.45) is 8.49. The van der Waals surface area contributed by atoms with Crippen molar-refractivity contribution in [2.75, 3.05) is 24.5 Å². The van der Waals surface area contributed by atoms with Crippen molar-refractivity contribution < 1.29 is 4.42 Å². The summed E-state index contributed by atoms with van der Waals surface area (Å²) in [5.74, 6) is 2.87. The summed E-state index contributed by atoms with van der Waals surface area (Å²) in [6.45, 7) is 4.03. The van der Waals surface area contributed by atoms with E-state index in [1.807, 2.05) is 42.6 Å². The predicted octanol–water partition coefficient (Wildman–Crippen LogP) is 4.25.